The molecule has 0 spiro atoms. The van der Waals surface area contributed by atoms with Gasteiger partial charge in [-0.25, -0.2) is 9.97 Å². The highest BCUT2D eigenvalue weighted by molar-refractivity contribution is 7.27. The standard InChI is InChI=1S/C50H30N4S/c1-3-14-32(15-4-1)46-49-47(39-26-23-31-13-7-8-18-36(31)48(39)55-49)52-50(51-46)54-43-22-12-10-20-38(43)41-30-34(25-28-45(41)54)33-24-27-44-40(29-33)37-19-9-11-21-42(37)53(44)35-16-5-2-6-17-35/h1-30H. The van der Waals surface area contributed by atoms with Gasteiger partial charge in [0.2, 0.25) is 5.95 Å². The third-order valence-electron chi connectivity index (χ3n) is 11.1. The van der Waals surface area contributed by atoms with Crippen molar-refractivity contribution in [2.45, 2.75) is 0 Å². The Morgan fingerprint density at radius 3 is 1.64 bits per heavy atom. The van der Waals surface area contributed by atoms with Gasteiger partial charge >= 0.3 is 0 Å². The Morgan fingerprint density at radius 1 is 0.364 bits per heavy atom. The maximum Gasteiger partial charge on any atom is 0.235 e. The summed E-state index contributed by atoms with van der Waals surface area (Å²) in [5.74, 6) is 0.674. The topological polar surface area (TPSA) is 35.6 Å². The minimum atomic E-state index is 0.674. The van der Waals surface area contributed by atoms with Gasteiger partial charge in [-0.15, -0.1) is 11.3 Å². The summed E-state index contributed by atoms with van der Waals surface area (Å²) in [4.78, 5) is 10.9. The fourth-order valence-corrected chi connectivity index (χ4v) is 9.91. The van der Waals surface area contributed by atoms with Gasteiger partial charge < -0.3 is 4.57 Å². The van der Waals surface area contributed by atoms with E-state index >= 15 is 0 Å². The Morgan fingerprint density at radius 2 is 0.927 bits per heavy atom. The van der Waals surface area contributed by atoms with E-state index in [1.54, 1.807) is 11.3 Å². The van der Waals surface area contributed by atoms with Gasteiger partial charge in [0.25, 0.3) is 0 Å². The maximum atomic E-state index is 5.43. The summed E-state index contributed by atoms with van der Waals surface area (Å²) in [6.07, 6.45) is 0. The Bertz CT molecular complexity index is 3480. The molecule has 0 aliphatic carbocycles. The number of para-hydroxylation sites is 3. The van der Waals surface area contributed by atoms with Crippen molar-refractivity contribution in [3.05, 3.63) is 182 Å². The molecule has 0 saturated heterocycles. The van der Waals surface area contributed by atoms with Crippen molar-refractivity contribution >= 4 is 86.0 Å². The lowest BCUT2D eigenvalue weighted by atomic mass is 10.0. The molecule has 4 heterocycles. The largest absolute Gasteiger partial charge is 0.309 e. The zero-order valence-corrected chi connectivity index (χ0v) is 30.3. The molecule has 0 amide bonds. The van der Waals surface area contributed by atoms with Crippen molar-refractivity contribution in [3.63, 3.8) is 0 Å². The second kappa shape index (κ2) is 11.7. The van der Waals surface area contributed by atoms with Crippen molar-refractivity contribution in [1.82, 2.24) is 19.1 Å². The average molecular weight is 719 g/mol. The lowest BCUT2D eigenvalue weighted by molar-refractivity contribution is 1.02. The normalized spacial score (nSPS) is 12.0. The molecule has 4 aromatic heterocycles. The quantitative estimate of drug-likeness (QED) is 0.182. The van der Waals surface area contributed by atoms with E-state index in [1.165, 1.54) is 59.2 Å². The molecule has 5 heteroatoms. The molecule has 0 fully saturated rings. The van der Waals surface area contributed by atoms with Gasteiger partial charge in [0, 0.05) is 42.9 Å². The smallest absolute Gasteiger partial charge is 0.235 e. The number of nitrogens with zero attached hydrogens (tertiary/aromatic N) is 4. The molecule has 0 unspecified atom stereocenters. The molecular formula is C50H30N4S. The fourth-order valence-electron chi connectivity index (χ4n) is 8.63. The minimum Gasteiger partial charge on any atom is -0.309 e. The number of benzene rings is 8. The van der Waals surface area contributed by atoms with Gasteiger partial charge in [0.15, 0.2) is 0 Å². The molecule has 0 radical (unpaired) electrons. The first-order valence-corrected chi connectivity index (χ1v) is 19.4. The summed E-state index contributed by atoms with van der Waals surface area (Å²) in [7, 11) is 0. The third kappa shape index (κ3) is 4.51. The first-order chi connectivity index (χ1) is 27.3. The zero-order valence-electron chi connectivity index (χ0n) is 29.5. The fraction of sp³-hybridized carbons (Fsp3) is 0. The van der Waals surface area contributed by atoms with Crippen LogP contribution in [0.4, 0.5) is 0 Å². The van der Waals surface area contributed by atoms with Crippen LogP contribution in [0.1, 0.15) is 0 Å². The van der Waals surface area contributed by atoms with Gasteiger partial charge in [-0.3, -0.25) is 4.57 Å². The Labute approximate surface area is 319 Å². The van der Waals surface area contributed by atoms with Crippen LogP contribution in [0.5, 0.6) is 0 Å². The van der Waals surface area contributed by atoms with Crippen molar-refractivity contribution in [2.24, 2.45) is 0 Å². The Kier molecular flexibility index (Phi) is 6.47. The number of hydrogen-bond donors (Lipinski definition) is 0. The van der Waals surface area contributed by atoms with E-state index in [9.17, 15) is 0 Å². The molecule has 8 aromatic carbocycles. The van der Waals surface area contributed by atoms with E-state index in [4.69, 9.17) is 9.97 Å². The van der Waals surface area contributed by atoms with Gasteiger partial charge in [-0.05, 0) is 70.4 Å². The highest BCUT2D eigenvalue weighted by Gasteiger charge is 2.21. The van der Waals surface area contributed by atoms with E-state index in [2.05, 4.69) is 191 Å². The molecule has 12 rings (SSSR count). The van der Waals surface area contributed by atoms with E-state index in [-0.39, 0.29) is 0 Å². The molecule has 0 N–H and O–H groups in total. The number of thiophene rings is 1. The lowest BCUT2D eigenvalue weighted by Gasteiger charge is -2.10. The van der Waals surface area contributed by atoms with Crippen LogP contribution in [0.25, 0.3) is 109 Å². The van der Waals surface area contributed by atoms with Crippen molar-refractivity contribution in [1.29, 1.82) is 0 Å². The van der Waals surface area contributed by atoms with Crippen LogP contribution in [0.2, 0.25) is 0 Å². The van der Waals surface area contributed by atoms with Crippen LogP contribution in [-0.2, 0) is 0 Å². The number of hydrogen-bond acceptors (Lipinski definition) is 3. The summed E-state index contributed by atoms with van der Waals surface area (Å²) in [5.41, 5.74) is 11.1. The SMILES string of the molecule is c1ccc(-c2nc(-n3c4ccccc4c4cc(-c5ccc6c(c5)c5ccccc5n6-c5ccccc5)ccc43)nc3c2sc2c4ccccc4ccc32)cc1. The predicted octanol–water partition coefficient (Wildman–Crippen LogP) is 13.5. The summed E-state index contributed by atoms with van der Waals surface area (Å²) in [5, 5.41) is 8.47. The molecule has 0 aliphatic heterocycles. The summed E-state index contributed by atoms with van der Waals surface area (Å²) in [6, 6.07) is 65.3. The van der Waals surface area contributed by atoms with Crippen LogP contribution < -0.4 is 0 Å². The van der Waals surface area contributed by atoms with E-state index < -0.39 is 0 Å². The molecular weight excluding hydrogens is 689 g/mol. The average Bonchev–Trinajstić information content (AvgIpc) is 3.91. The molecule has 0 atom stereocenters. The highest BCUT2D eigenvalue weighted by Crippen LogP contribution is 2.43. The van der Waals surface area contributed by atoms with Gasteiger partial charge in [0.1, 0.15) is 0 Å². The first-order valence-electron chi connectivity index (χ1n) is 18.6. The Hall–Kier alpha value is -7.08. The van der Waals surface area contributed by atoms with Gasteiger partial charge in [-0.1, -0.05) is 133 Å². The van der Waals surface area contributed by atoms with Crippen LogP contribution >= 0.6 is 11.3 Å². The maximum absolute atomic E-state index is 5.43. The lowest BCUT2D eigenvalue weighted by Crippen LogP contribution is -2.02. The number of aromatic nitrogens is 4. The highest BCUT2D eigenvalue weighted by atomic mass is 32.1. The van der Waals surface area contributed by atoms with Crippen LogP contribution in [-0.4, -0.2) is 19.1 Å². The molecule has 0 aliphatic rings. The van der Waals surface area contributed by atoms with E-state index in [1.807, 2.05) is 0 Å². The summed E-state index contributed by atoms with van der Waals surface area (Å²) >= 11 is 1.79. The van der Waals surface area contributed by atoms with Crippen LogP contribution in [0, 0.1) is 0 Å². The van der Waals surface area contributed by atoms with Crippen LogP contribution in [0.3, 0.4) is 0 Å². The second-order valence-corrected chi connectivity index (χ2v) is 15.2. The van der Waals surface area contributed by atoms with Crippen molar-refractivity contribution < 1.29 is 0 Å². The van der Waals surface area contributed by atoms with E-state index in [0.29, 0.717) is 5.95 Å². The van der Waals surface area contributed by atoms with E-state index in [0.717, 1.165) is 43.6 Å². The van der Waals surface area contributed by atoms with Gasteiger partial charge in [-0.2, -0.15) is 0 Å². The number of fused-ring (bicyclic) bond motifs is 11. The van der Waals surface area contributed by atoms with Crippen LogP contribution in [0.15, 0.2) is 182 Å². The van der Waals surface area contributed by atoms with Crippen molar-refractivity contribution in [3.8, 4) is 34.0 Å². The monoisotopic (exact) mass is 718 g/mol. The number of rotatable bonds is 4. The first kappa shape index (κ1) is 30.4. The second-order valence-electron chi connectivity index (χ2n) is 14.2. The molecule has 4 nitrogen and oxygen atoms in total. The van der Waals surface area contributed by atoms with Crippen molar-refractivity contribution in [2.75, 3.05) is 0 Å². The molecule has 12 aromatic rings. The third-order valence-corrected chi connectivity index (χ3v) is 12.4. The minimum absolute atomic E-state index is 0.674. The predicted molar refractivity (Wildman–Crippen MR) is 232 cm³/mol. The molecule has 0 bridgehead atoms. The summed E-state index contributed by atoms with van der Waals surface area (Å²) < 4.78 is 6.97. The molecule has 0 saturated carbocycles. The molecule has 55 heavy (non-hydrogen) atoms. The molecule has 256 valence electrons. The van der Waals surface area contributed by atoms with Gasteiger partial charge in [0.05, 0.1) is 38.0 Å². The Balaban J connectivity index is 1.09. The summed E-state index contributed by atoms with van der Waals surface area (Å²) in [6.45, 7) is 0. The zero-order chi connectivity index (χ0) is 36.0.